The van der Waals surface area contributed by atoms with Crippen molar-refractivity contribution in [3.05, 3.63) is 20.6 Å². The van der Waals surface area contributed by atoms with Crippen LogP contribution in [0.5, 0.6) is 0 Å². The van der Waals surface area contributed by atoms with Gasteiger partial charge in [-0.25, -0.2) is 4.98 Å². The van der Waals surface area contributed by atoms with Crippen molar-refractivity contribution in [1.29, 1.82) is 0 Å². The number of pyridine rings is 1. The molecule has 0 bridgehead atoms. The van der Waals surface area contributed by atoms with Crippen LogP contribution in [0.25, 0.3) is 10.9 Å². The lowest BCUT2D eigenvalue weighted by atomic mass is 10.3. The molecular weight excluding hydrogens is 333 g/mol. The van der Waals surface area contributed by atoms with Gasteiger partial charge in [0.2, 0.25) is 0 Å². The number of aromatic nitrogens is 3. The van der Waals surface area contributed by atoms with Gasteiger partial charge in [-0.2, -0.15) is 5.10 Å². The van der Waals surface area contributed by atoms with E-state index in [0.717, 1.165) is 19.2 Å². The summed E-state index contributed by atoms with van der Waals surface area (Å²) in [7, 11) is 1.92. The minimum Gasteiger partial charge on any atom is -0.265 e. The second-order valence-corrected chi connectivity index (χ2v) is 4.27. The molecule has 0 aliphatic carbocycles. The molecule has 0 unspecified atom stereocenters. The summed E-state index contributed by atoms with van der Waals surface area (Å²) in [6.45, 7) is 0. The molecule has 0 aromatic carbocycles. The Morgan fingerprint density at radius 1 is 1.58 bits per heavy atom. The van der Waals surface area contributed by atoms with Gasteiger partial charge in [-0.3, -0.25) is 4.68 Å². The molecule has 0 saturated heterocycles. The molecule has 0 aliphatic heterocycles. The van der Waals surface area contributed by atoms with E-state index in [-0.39, 0.29) is 0 Å². The first-order valence-electron chi connectivity index (χ1n) is 3.32. The molecule has 12 heavy (non-hydrogen) atoms. The molecule has 2 aromatic heterocycles. The van der Waals surface area contributed by atoms with Gasteiger partial charge in [0.15, 0.2) is 0 Å². The first-order chi connectivity index (χ1) is 5.68. The van der Waals surface area contributed by atoms with Crippen LogP contribution in [0.4, 0.5) is 0 Å². The fourth-order valence-electron chi connectivity index (χ4n) is 1.09. The Hall–Kier alpha value is -0.170. The van der Waals surface area contributed by atoms with Crippen molar-refractivity contribution >= 4 is 49.4 Å². The van der Waals surface area contributed by atoms with E-state index in [4.69, 9.17) is 0 Å². The average Bonchev–Trinajstić information content (AvgIpc) is 2.28. The lowest BCUT2D eigenvalue weighted by Gasteiger charge is -1.92. The van der Waals surface area contributed by atoms with Crippen molar-refractivity contribution in [1.82, 2.24) is 14.8 Å². The molecule has 5 heteroatoms. The topological polar surface area (TPSA) is 30.7 Å². The van der Waals surface area contributed by atoms with E-state index in [1.807, 2.05) is 24.0 Å². The fraction of sp³-hybridized carbons (Fsp3) is 0.143. The molecule has 0 saturated carbocycles. The van der Waals surface area contributed by atoms with Gasteiger partial charge in [-0.1, -0.05) is 0 Å². The summed E-state index contributed by atoms with van der Waals surface area (Å²) in [5.41, 5.74) is 1.06. The zero-order valence-corrected chi connectivity index (χ0v) is 10.00. The van der Waals surface area contributed by atoms with E-state index in [1.54, 1.807) is 0 Å². The normalized spacial score (nSPS) is 10.9. The molecule has 3 nitrogen and oxygen atoms in total. The van der Waals surface area contributed by atoms with E-state index in [0.29, 0.717) is 0 Å². The van der Waals surface area contributed by atoms with Crippen LogP contribution in [0, 0.1) is 3.70 Å². The Kier molecular flexibility index (Phi) is 2.07. The SMILES string of the molecule is Cn1nc(I)c2cc(Br)ncc21. The van der Waals surface area contributed by atoms with Crippen LogP contribution in [0.3, 0.4) is 0 Å². The molecule has 2 rings (SSSR count). The maximum atomic E-state index is 4.27. The van der Waals surface area contributed by atoms with Gasteiger partial charge in [0.25, 0.3) is 0 Å². The van der Waals surface area contributed by atoms with Crippen LogP contribution in [-0.4, -0.2) is 14.8 Å². The van der Waals surface area contributed by atoms with Crippen LogP contribution in [0.15, 0.2) is 16.9 Å². The largest absolute Gasteiger partial charge is 0.265 e. The lowest BCUT2D eigenvalue weighted by molar-refractivity contribution is 0.786. The molecule has 0 N–H and O–H groups in total. The first kappa shape index (κ1) is 8.43. The monoisotopic (exact) mass is 337 g/mol. The molecule has 0 atom stereocenters. The van der Waals surface area contributed by atoms with Gasteiger partial charge in [-0.05, 0) is 44.6 Å². The number of halogens is 2. The molecule has 0 radical (unpaired) electrons. The van der Waals surface area contributed by atoms with Crippen molar-refractivity contribution in [2.24, 2.45) is 7.05 Å². The summed E-state index contributed by atoms with van der Waals surface area (Å²) in [6.07, 6.45) is 1.81. The average molecular weight is 338 g/mol. The minimum atomic E-state index is 0.848. The number of fused-ring (bicyclic) bond motifs is 1. The highest BCUT2D eigenvalue weighted by molar-refractivity contribution is 14.1. The van der Waals surface area contributed by atoms with Crippen LogP contribution < -0.4 is 0 Å². The summed E-state index contributed by atoms with van der Waals surface area (Å²) in [6, 6.07) is 1.98. The molecule has 0 fully saturated rings. The van der Waals surface area contributed by atoms with Gasteiger partial charge in [0.05, 0.1) is 11.7 Å². The molecule has 62 valence electrons. The summed E-state index contributed by atoms with van der Waals surface area (Å²) < 4.78 is 3.69. The highest BCUT2D eigenvalue weighted by Gasteiger charge is 2.05. The Bertz CT molecular complexity index is 437. The third-order valence-electron chi connectivity index (χ3n) is 1.66. The van der Waals surface area contributed by atoms with Crippen molar-refractivity contribution in [2.45, 2.75) is 0 Å². The predicted molar refractivity (Wildman–Crippen MR) is 58.9 cm³/mol. The van der Waals surface area contributed by atoms with E-state index in [2.05, 4.69) is 48.6 Å². The van der Waals surface area contributed by atoms with Crippen molar-refractivity contribution in [2.75, 3.05) is 0 Å². The zero-order chi connectivity index (χ0) is 8.72. The molecule has 0 aliphatic rings. The highest BCUT2D eigenvalue weighted by Crippen LogP contribution is 2.21. The third kappa shape index (κ3) is 1.24. The standard InChI is InChI=1S/C7H5BrIN3/c1-12-5-3-10-6(8)2-4(5)7(9)11-12/h2-3H,1H3. The van der Waals surface area contributed by atoms with Crippen LogP contribution >= 0.6 is 38.5 Å². The smallest absolute Gasteiger partial charge is 0.131 e. The van der Waals surface area contributed by atoms with Gasteiger partial charge in [-0.15, -0.1) is 0 Å². The maximum absolute atomic E-state index is 4.27. The Balaban J connectivity index is 2.90. The van der Waals surface area contributed by atoms with E-state index >= 15 is 0 Å². The number of nitrogens with zero attached hydrogens (tertiary/aromatic N) is 3. The Morgan fingerprint density at radius 2 is 2.33 bits per heavy atom. The lowest BCUT2D eigenvalue weighted by Crippen LogP contribution is -1.89. The second-order valence-electron chi connectivity index (χ2n) is 2.44. The summed E-state index contributed by atoms with van der Waals surface area (Å²) in [5.74, 6) is 0. The van der Waals surface area contributed by atoms with Crippen molar-refractivity contribution < 1.29 is 0 Å². The van der Waals surface area contributed by atoms with Gasteiger partial charge < -0.3 is 0 Å². The summed E-state index contributed by atoms with van der Waals surface area (Å²) >= 11 is 5.54. The number of rotatable bonds is 0. The Morgan fingerprint density at radius 3 is 3.08 bits per heavy atom. The molecule has 2 aromatic rings. The second kappa shape index (κ2) is 2.95. The minimum absolute atomic E-state index is 0.848. The first-order valence-corrected chi connectivity index (χ1v) is 5.19. The van der Waals surface area contributed by atoms with Crippen LogP contribution in [0.1, 0.15) is 0 Å². The third-order valence-corrected chi connectivity index (χ3v) is 2.89. The molecule has 2 heterocycles. The van der Waals surface area contributed by atoms with Gasteiger partial charge in [0, 0.05) is 12.4 Å². The van der Waals surface area contributed by atoms with E-state index in [1.165, 1.54) is 0 Å². The van der Waals surface area contributed by atoms with Crippen molar-refractivity contribution in [3.63, 3.8) is 0 Å². The summed E-state index contributed by atoms with van der Waals surface area (Å²) in [4.78, 5) is 4.13. The summed E-state index contributed by atoms with van der Waals surface area (Å²) in [5, 5.41) is 5.41. The number of hydrogen-bond acceptors (Lipinski definition) is 2. The van der Waals surface area contributed by atoms with E-state index < -0.39 is 0 Å². The quantitative estimate of drug-likeness (QED) is 0.545. The number of aryl methyl sites for hydroxylation is 1. The van der Waals surface area contributed by atoms with E-state index in [9.17, 15) is 0 Å². The fourth-order valence-corrected chi connectivity index (χ4v) is 2.17. The molecule has 0 amide bonds. The van der Waals surface area contributed by atoms with Crippen LogP contribution in [0.2, 0.25) is 0 Å². The van der Waals surface area contributed by atoms with Gasteiger partial charge >= 0.3 is 0 Å². The molecule has 0 spiro atoms. The zero-order valence-electron chi connectivity index (χ0n) is 6.25. The van der Waals surface area contributed by atoms with Crippen molar-refractivity contribution in [3.8, 4) is 0 Å². The Labute approximate surface area is 91.4 Å². The van der Waals surface area contributed by atoms with Crippen LogP contribution in [-0.2, 0) is 7.05 Å². The maximum Gasteiger partial charge on any atom is 0.131 e. The predicted octanol–water partition coefficient (Wildman–Crippen LogP) is 2.34. The van der Waals surface area contributed by atoms with Gasteiger partial charge in [0.1, 0.15) is 8.30 Å². The highest BCUT2D eigenvalue weighted by atomic mass is 127. The molecular formula is C7H5BrIN3. The number of hydrogen-bond donors (Lipinski definition) is 0.